The van der Waals surface area contributed by atoms with Gasteiger partial charge in [0.1, 0.15) is 0 Å². The zero-order valence-electron chi connectivity index (χ0n) is 10.3. The van der Waals surface area contributed by atoms with Crippen LogP contribution in [0, 0.1) is 0 Å². The summed E-state index contributed by atoms with van der Waals surface area (Å²) in [6.45, 7) is 13.7. The molecule has 0 amide bonds. The maximum Gasteiger partial charge on any atom is 0.0130 e. The fourth-order valence-electron chi connectivity index (χ4n) is 2.29. The smallest absolute Gasteiger partial charge is 0.0130 e. The summed E-state index contributed by atoms with van der Waals surface area (Å²) in [5, 5.41) is 3.73. The van der Waals surface area contributed by atoms with E-state index in [1.54, 1.807) is 0 Å². The molecule has 0 aromatic rings. The highest BCUT2D eigenvalue weighted by atomic mass is 15.0. The van der Waals surface area contributed by atoms with Crippen LogP contribution in [0.5, 0.6) is 0 Å². The molecule has 1 heteroatoms. The highest BCUT2D eigenvalue weighted by Crippen LogP contribution is 2.19. The standard InChI is InChI=1S/C12H27N/c1-7-9-11(3,4)13-12(5,6)10-8-2/h13H,7-10H2,1-6H3. The van der Waals surface area contributed by atoms with Crippen LogP contribution in [0.1, 0.15) is 67.2 Å². The summed E-state index contributed by atoms with van der Waals surface area (Å²) in [5.74, 6) is 0. The molecule has 1 nitrogen and oxygen atoms in total. The van der Waals surface area contributed by atoms with Crippen LogP contribution in [0.3, 0.4) is 0 Å². The van der Waals surface area contributed by atoms with Crippen LogP contribution in [-0.4, -0.2) is 11.1 Å². The normalized spacial score (nSPS) is 13.4. The second-order valence-corrected chi connectivity index (χ2v) is 5.39. The van der Waals surface area contributed by atoms with Crippen molar-refractivity contribution in [3.05, 3.63) is 0 Å². The van der Waals surface area contributed by atoms with Crippen LogP contribution in [0.15, 0.2) is 0 Å². The van der Waals surface area contributed by atoms with Gasteiger partial charge in [-0.15, -0.1) is 0 Å². The van der Waals surface area contributed by atoms with Gasteiger partial charge in [-0.1, -0.05) is 26.7 Å². The predicted octanol–water partition coefficient (Wildman–Crippen LogP) is 3.73. The van der Waals surface area contributed by atoms with E-state index in [1.165, 1.54) is 25.7 Å². The minimum atomic E-state index is 0.285. The molecule has 0 fully saturated rings. The first-order chi connectivity index (χ1) is 5.83. The molecule has 0 radical (unpaired) electrons. The van der Waals surface area contributed by atoms with Crippen molar-refractivity contribution >= 4 is 0 Å². The highest BCUT2D eigenvalue weighted by Gasteiger charge is 2.25. The van der Waals surface area contributed by atoms with Crippen molar-refractivity contribution in [3.63, 3.8) is 0 Å². The van der Waals surface area contributed by atoms with Crippen LogP contribution < -0.4 is 5.32 Å². The van der Waals surface area contributed by atoms with Gasteiger partial charge < -0.3 is 5.32 Å². The van der Waals surface area contributed by atoms with Gasteiger partial charge in [-0.05, 0) is 40.5 Å². The molecule has 0 atom stereocenters. The van der Waals surface area contributed by atoms with Gasteiger partial charge in [0, 0.05) is 11.1 Å². The molecular formula is C12H27N. The van der Waals surface area contributed by atoms with Crippen molar-refractivity contribution in [1.82, 2.24) is 5.32 Å². The maximum absolute atomic E-state index is 3.73. The molecule has 0 aliphatic carbocycles. The lowest BCUT2D eigenvalue weighted by atomic mass is 9.91. The average molecular weight is 185 g/mol. The average Bonchev–Trinajstić information content (AvgIpc) is 1.82. The summed E-state index contributed by atoms with van der Waals surface area (Å²) < 4.78 is 0. The Morgan fingerprint density at radius 3 is 1.31 bits per heavy atom. The Balaban J connectivity index is 4.07. The van der Waals surface area contributed by atoms with Gasteiger partial charge >= 0.3 is 0 Å². The van der Waals surface area contributed by atoms with E-state index in [0.29, 0.717) is 0 Å². The Labute approximate surface area is 84.3 Å². The summed E-state index contributed by atoms with van der Waals surface area (Å²) in [6.07, 6.45) is 5.00. The quantitative estimate of drug-likeness (QED) is 0.665. The van der Waals surface area contributed by atoms with Crippen molar-refractivity contribution in [2.24, 2.45) is 0 Å². The predicted molar refractivity (Wildman–Crippen MR) is 61.1 cm³/mol. The van der Waals surface area contributed by atoms with E-state index in [4.69, 9.17) is 0 Å². The van der Waals surface area contributed by atoms with Crippen LogP contribution in [0.25, 0.3) is 0 Å². The van der Waals surface area contributed by atoms with Crippen LogP contribution in [0.4, 0.5) is 0 Å². The van der Waals surface area contributed by atoms with Gasteiger partial charge in [0.05, 0.1) is 0 Å². The third kappa shape index (κ3) is 6.09. The van der Waals surface area contributed by atoms with E-state index in [9.17, 15) is 0 Å². The molecule has 0 aliphatic heterocycles. The molecule has 0 spiro atoms. The van der Waals surface area contributed by atoms with Gasteiger partial charge in [0.2, 0.25) is 0 Å². The first kappa shape index (κ1) is 13.0. The third-order valence-corrected chi connectivity index (χ3v) is 2.43. The SMILES string of the molecule is CCCC(C)(C)NC(C)(C)CCC. The minimum absolute atomic E-state index is 0.285. The molecule has 80 valence electrons. The first-order valence-corrected chi connectivity index (χ1v) is 5.62. The molecule has 0 aromatic heterocycles. The fourth-order valence-corrected chi connectivity index (χ4v) is 2.29. The van der Waals surface area contributed by atoms with E-state index in [2.05, 4.69) is 46.9 Å². The van der Waals surface area contributed by atoms with E-state index < -0.39 is 0 Å². The summed E-state index contributed by atoms with van der Waals surface area (Å²) in [6, 6.07) is 0. The molecule has 1 N–H and O–H groups in total. The molecule has 0 rings (SSSR count). The van der Waals surface area contributed by atoms with Crippen molar-refractivity contribution in [3.8, 4) is 0 Å². The van der Waals surface area contributed by atoms with Gasteiger partial charge in [-0.2, -0.15) is 0 Å². The van der Waals surface area contributed by atoms with Gasteiger partial charge in [-0.3, -0.25) is 0 Å². The second kappa shape index (κ2) is 4.99. The van der Waals surface area contributed by atoms with E-state index in [1.807, 2.05) is 0 Å². The summed E-state index contributed by atoms with van der Waals surface area (Å²) >= 11 is 0. The minimum Gasteiger partial charge on any atom is -0.307 e. The molecule has 13 heavy (non-hydrogen) atoms. The Hall–Kier alpha value is -0.0400. The Morgan fingerprint density at radius 1 is 0.769 bits per heavy atom. The lowest BCUT2D eigenvalue weighted by Gasteiger charge is -2.37. The van der Waals surface area contributed by atoms with E-state index in [0.717, 1.165) is 0 Å². The van der Waals surface area contributed by atoms with Gasteiger partial charge in [0.25, 0.3) is 0 Å². The molecule has 0 saturated carbocycles. The van der Waals surface area contributed by atoms with Gasteiger partial charge in [-0.25, -0.2) is 0 Å². The molecule has 0 unspecified atom stereocenters. The third-order valence-electron chi connectivity index (χ3n) is 2.43. The van der Waals surface area contributed by atoms with E-state index in [-0.39, 0.29) is 11.1 Å². The largest absolute Gasteiger partial charge is 0.307 e. The maximum atomic E-state index is 3.73. The summed E-state index contributed by atoms with van der Waals surface area (Å²) in [4.78, 5) is 0. The monoisotopic (exact) mass is 185 g/mol. The molecular weight excluding hydrogens is 158 g/mol. The second-order valence-electron chi connectivity index (χ2n) is 5.39. The van der Waals surface area contributed by atoms with Crippen molar-refractivity contribution in [1.29, 1.82) is 0 Å². The van der Waals surface area contributed by atoms with E-state index >= 15 is 0 Å². The summed E-state index contributed by atoms with van der Waals surface area (Å²) in [5.41, 5.74) is 0.570. The van der Waals surface area contributed by atoms with Crippen LogP contribution in [-0.2, 0) is 0 Å². The number of rotatable bonds is 6. The Morgan fingerprint density at radius 2 is 1.08 bits per heavy atom. The lowest BCUT2D eigenvalue weighted by Crippen LogP contribution is -2.51. The van der Waals surface area contributed by atoms with Crippen molar-refractivity contribution in [2.45, 2.75) is 78.3 Å². The first-order valence-electron chi connectivity index (χ1n) is 5.62. The summed E-state index contributed by atoms with van der Waals surface area (Å²) in [7, 11) is 0. The van der Waals surface area contributed by atoms with Crippen molar-refractivity contribution < 1.29 is 0 Å². The Bertz CT molecular complexity index is 120. The molecule has 0 aromatic carbocycles. The number of hydrogen-bond acceptors (Lipinski definition) is 1. The molecule has 0 saturated heterocycles. The zero-order valence-corrected chi connectivity index (χ0v) is 10.3. The van der Waals surface area contributed by atoms with Crippen molar-refractivity contribution in [2.75, 3.05) is 0 Å². The zero-order chi connectivity index (χ0) is 10.5. The molecule has 0 heterocycles. The highest BCUT2D eigenvalue weighted by molar-refractivity contribution is 4.87. The van der Waals surface area contributed by atoms with Crippen LogP contribution in [0.2, 0.25) is 0 Å². The molecule has 0 aliphatic rings. The fraction of sp³-hybridized carbons (Fsp3) is 1.00. The number of hydrogen-bond donors (Lipinski definition) is 1. The number of nitrogens with one attached hydrogen (secondary N) is 1. The lowest BCUT2D eigenvalue weighted by molar-refractivity contribution is 0.237. The topological polar surface area (TPSA) is 12.0 Å². The van der Waals surface area contributed by atoms with Gasteiger partial charge in [0.15, 0.2) is 0 Å². The Kier molecular flexibility index (Phi) is 4.98. The van der Waals surface area contributed by atoms with Crippen LogP contribution >= 0.6 is 0 Å². The molecule has 0 bridgehead atoms.